The van der Waals surface area contributed by atoms with E-state index < -0.39 is 23.2 Å². The van der Waals surface area contributed by atoms with Crippen molar-refractivity contribution >= 4 is 0 Å². The second-order valence-corrected chi connectivity index (χ2v) is 8.75. The Bertz CT molecular complexity index is 451. The molecule has 0 radical (unpaired) electrons. The predicted molar refractivity (Wildman–Crippen MR) is 66.7 cm³/mol. The second kappa shape index (κ2) is 6.73. The molecule has 3 heteroatoms. The zero-order valence-corrected chi connectivity index (χ0v) is 15.7. The van der Waals surface area contributed by atoms with E-state index >= 15 is 0 Å². The van der Waals surface area contributed by atoms with Crippen molar-refractivity contribution in [2.75, 3.05) is 0 Å². The number of hydrogen-bond acceptors (Lipinski definition) is 0. The zero-order chi connectivity index (χ0) is 11.9. The van der Waals surface area contributed by atoms with E-state index in [1.807, 2.05) is 0 Å². The number of allylic oxidation sites excluding steroid dienone is 8. The molecular formula is C15H20Cl2Zr. The monoisotopic (exact) mass is 360 g/mol. The number of halogens is 2. The summed E-state index contributed by atoms with van der Waals surface area (Å²) in [7, 11) is 0. The quantitative estimate of drug-likeness (QED) is 0.565. The molecule has 0 amide bonds. The molecule has 0 aromatic heterocycles. The van der Waals surface area contributed by atoms with Gasteiger partial charge in [0, 0.05) is 0 Å². The summed E-state index contributed by atoms with van der Waals surface area (Å²) in [6, 6.07) is 0. The Kier molecular flexibility index (Phi) is 6.89. The van der Waals surface area contributed by atoms with Gasteiger partial charge in [-0.2, -0.15) is 0 Å². The average molecular weight is 362 g/mol. The van der Waals surface area contributed by atoms with Crippen LogP contribution in [0.15, 0.2) is 41.5 Å². The molecule has 0 aliphatic heterocycles. The van der Waals surface area contributed by atoms with Crippen LogP contribution in [0.4, 0.5) is 0 Å². The molecule has 0 aromatic rings. The molecule has 2 aliphatic carbocycles. The SMILES string of the molecule is CC1=C(C)C(C)(C)[C]([Zr+2][C]2=CC=CC2)=C1C.[Cl-].[Cl-]. The van der Waals surface area contributed by atoms with Crippen molar-refractivity contribution in [2.24, 2.45) is 5.41 Å². The molecule has 98 valence electrons. The minimum Gasteiger partial charge on any atom is -1.00 e. The summed E-state index contributed by atoms with van der Waals surface area (Å²) in [5.74, 6) is 0. The summed E-state index contributed by atoms with van der Waals surface area (Å²) >= 11 is -0.521. The number of hydrogen-bond donors (Lipinski definition) is 0. The van der Waals surface area contributed by atoms with E-state index in [0.717, 1.165) is 0 Å². The molecule has 18 heavy (non-hydrogen) atoms. The van der Waals surface area contributed by atoms with Crippen molar-refractivity contribution in [2.45, 2.75) is 41.0 Å². The first kappa shape index (κ1) is 18.4. The van der Waals surface area contributed by atoms with Gasteiger partial charge in [0.2, 0.25) is 0 Å². The zero-order valence-electron chi connectivity index (χ0n) is 11.7. The molecule has 0 aromatic carbocycles. The Balaban J connectivity index is 0.00000144. The van der Waals surface area contributed by atoms with Crippen LogP contribution in [0, 0.1) is 5.41 Å². The molecule has 0 N–H and O–H groups in total. The topological polar surface area (TPSA) is 0 Å². The van der Waals surface area contributed by atoms with Gasteiger partial charge in [-0.25, -0.2) is 0 Å². The Morgan fingerprint density at radius 2 is 1.67 bits per heavy atom. The standard InChI is InChI=1S/C10H15.C5H5.2ClH.Zr/c1-7-6-10(4,5)9(3)8(7)2;1-2-4-5-3-1;;;/h1-5H3;1-3H,4H2;2*1H;/q;;;;+2/p-2. The Hall–Kier alpha value is 0.423. The van der Waals surface area contributed by atoms with Crippen LogP contribution in [0.5, 0.6) is 0 Å². The van der Waals surface area contributed by atoms with E-state index in [1.165, 1.54) is 6.42 Å². The maximum absolute atomic E-state index is 2.40. The molecule has 0 saturated carbocycles. The Morgan fingerprint density at radius 1 is 1.06 bits per heavy atom. The van der Waals surface area contributed by atoms with Gasteiger partial charge >= 0.3 is 111 Å². The van der Waals surface area contributed by atoms with E-state index in [1.54, 1.807) is 23.3 Å². The minimum absolute atomic E-state index is 0. The molecule has 2 aliphatic rings. The molecule has 0 heterocycles. The molecule has 0 unspecified atom stereocenters. The molecule has 0 bridgehead atoms. The summed E-state index contributed by atoms with van der Waals surface area (Å²) in [5.41, 5.74) is 5.07. The molecule has 0 saturated heterocycles. The largest absolute Gasteiger partial charge is 1.00 e. The van der Waals surface area contributed by atoms with Crippen LogP contribution in [0.1, 0.15) is 41.0 Å². The van der Waals surface area contributed by atoms with Crippen LogP contribution < -0.4 is 24.8 Å². The number of rotatable bonds is 2. The summed E-state index contributed by atoms with van der Waals surface area (Å²) in [4.78, 5) is 0. The van der Waals surface area contributed by atoms with Crippen molar-refractivity contribution in [3.63, 3.8) is 0 Å². The smallest absolute Gasteiger partial charge is 1.00 e. The van der Waals surface area contributed by atoms with E-state index in [4.69, 9.17) is 0 Å². The van der Waals surface area contributed by atoms with Gasteiger partial charge in [-0.15, -0.1) is 0 Å². The molecule has 0 atom stereocenters. The third kappa shape index (κ3) is 3.11. The van der Waals surface area contributed by atoms with Crippen LogP contribution in [0.2, 0.25) is 0 Å². The van der Waals surface area contributed by atoms with Crippen molar-refractivity contribution in [3.8, 4) is 0 Å². The molecular weight excluding hydrogens is 342 g/mol. The van der Waals surface area contributed by atoms with Gasteiger partial charge in [0.15, 0.2) is 0 Å². The van der Waals surface area contributed by atoms with Crippen molar-refractivity contribution in [3.05, 3.63) is 41.5 Å². The maximum Gasteiger partial charge on any atom is -1.00 e. The van der Waals surface area contributed by atoms with E-state index in [9.17, 15) is 0 Å². The third-order valence-electron chi connectivity index (χ3n) is 4.12. The van der Waals surface area contributed by atoms with Crippen LogP contribution in [0.3, 0.4) is 0 Å². The van der Waals surface area contributed by atoms with Crippen LogP contribution in [0.25, 0.3) is 0 Å². The molecule has 0 nitrogen and oxygen atoms in total. The normalized spacial score (nSPS) is 20.4. The van der Waals surface area contributed by atoms with Crippen LogP contribution in [-0.4, -0.2) is 0 Å². The Labute approximate surface area is 135 Å². The summed E-state index contributed by atoms with van der Waals surface area (Å²) in [6.45, 7) is 11.7. The first-order chi connectivity index (χ1) is 7.44. The van der Waals surface area contributed by atoms with Gasteiger partial charge in [-0.1, -0.05) is 0 Å². The fourth-order valence-corrected chi connectivity index (χ4v) is 6.47. The maximum atomic E-state index is 2.40. The molecule has 2 rings (SSSR count). The van der Waals surface area contributed by atoms with Gasteiger partial charge in [-0.05, 0) is 0 Å². The fraction of sp³-hybridized carbons (Fsp3) is 0.467. The molecule has 0 fully saturated rings. The molecule has 0 spiro atoms. The summed E-state index contributed by atoms with van der Waals surface area (Å²) in [5, 5.41) is 0. The summed E-state index contributed by atoms with van der Waals surface area (Å²) < 4.78 is 3.52. The van der Waals surface area contributed by atoms with Gasteiger partial charge < -0.3 is 24.8 Å². The first-order valence-corrected chi connectivity index (χ1v) is 8.43. The third-order valence-corrected chi connectivity index (χ3v) is 8.89. The average Bonchev–Trinajstić information content (AvgIpc) is 2.78. The van der Waals surface area contributed by atoms with E-state index in [0.29, 0.717) is 5.41 Å². The predicted octanol–water partition coefficient (Wildman–Crippen LogP) is -1.43. The summed E-state index contributed by atoms with van der Waals surface area (Å²) in [6.07, 6.45) is 8.09. The van der Waals surface area contributed by atoms with E-state index in [2.05, 4.69) is 52.8 Å². The van der Waals surface area contributed by atoms with Gasteiger partial charge in [0.25, 0.3) is 0 Å². The van der Waals surface area contributed by atoms with Crippen LogP contribution in [-0.2, 0) is 23.2 Å². The fourth-order valence-electron chi connectivity index (χ4n) is 2.54. The van der Waals surface area contributed by atoms with Gasteiger partial charge in [0.05, 0.1) is 0 Å². The van der Waals surface area contributed by atoms with E-state index in [-0.39, 0.29) is 24.8 Å². The van der Waals surface area contributed by atoms with Crippen molar-refractivity contribution in [1.82, 2.24) is 0 Å². The van der Waals surface area contributed by atoms with Gasteiger partial charge in [0.1, 0.15) is 0 Å². The second-order valence-electron chi connectivity index (χ2n) is 5.32. The minimum atomic E-state index is -0.521. The van der Waals surface area contributed by atoms with Crippen molar-refractivity contribution < 1.29 is 48.0 Å². The van der Waals surface area contributed by atoms with Crippen molar-refractivity contribution in [1.29, 1.82) is 0 Å². The Morgan fingerprint density at radius 3 is 2.06 bits per heavy atom. The van der Waals surface area contributed by atoms with Gasteiger partial charge in [-0.3, -0.25) is 0 Å². The van der Waals surface area contributed by atoms with Crippen LogP contribution >= 0.6 is 0 Å². The first-order valence-electron chi connectivity index (χ1n) is 5.97.